The molecular formula is C19H22N2O4. The summed E-state index contributed by atoms with van der Waals surface area (Å²) in [4.78, 5) is 25.3. The molecule has 0 aliphatic carbocycles. The Bertz CT molecular complexity index is 802. The van der Waals surface area contributed by atoms with E-state index in [1.165, 1.54) is 12.1 Å². The largest absolute Gasteiger partial charge is 0.487 e. The summed E-state index contributed by atoms with van der Waals surface area (Å²) in [5, 5.41) is 11.3. The monoisotopic (exact) mass is 342 g/mol. The van der Waals surface area contributed by atoms with E-state index in [1.807, 2.05) is 39.0 Å². The van der Waals surface area contributed by atoms with Gasteiger partial charge in [-0.2, -0.15) is 0 Å². The van der Waals surface area contributed by atoms with Crippen LogP contribution < -0.4 is 9.64 Å². The molecule has 0 aliphatic heterocycles. The maximum Gasteiger partial charge on any atom is 0.311 e. The number of nitro groups is 1. The van der Waals surface area contributed by atoms with Crippen molar-refractivity contribution >= 4 is 17.3 Å². The maximum absolute atomic E-state index is 12.9. The minimum atomic E-state index is -0.532. The number of carbonyl (C=O) groups excluding carboxylic acids is 1. The van der Waals surface area contributed by atoms with Gasteiger partial charge in [0.2, 0.25) is 0 Å². The van der Waals surface area contributed by atoms with E-state index in [-0.39, 0.29) is 22.9 Å². The molecule has 1 amide bonds. The molecule has 0 bridgehead atoms. The van der Waals surface area contributed by atoms with Crippen molar-refractivity contribution in [2.45, 2.75) is 27.7 Å². The number of hydrogen-bond donors (Lipinski definition) is 0. The van der Waals surface area contributed by atoms with E-state index in [0.717, 1.165) is 16.8 Å². The SMILES string of the molecule is CCOc1ccc(C(=O)N(CC)c2cc(C)ccc2C)cc1[N+](=O)[O-]. The van der Waals surface area contributed by atoms with Gasteiger partial charge in [0, 0.05) is 23.9 Å². The Kier molecular flexibility index (Phi) is 5.75. The molecule has 0 saturated heterocycles. The van der Waals surface area contributed by atoms with Gasteiger partial charge in [-0.15, -0.1) is 0 Å². The summed E-state index contributed by atoms with van der Waals surface area (Å²) in [6, 6.07) is 10.2. The summed E-state index contributed by atoms with van der Waals surface area (Å²) < 4.78 is 5.27. The van der Waals surface area contributed by atoms with Gasteiger partial charge in [0.05, 0.1) is 11.5 Å². The molecule has 0 unspecified atom stereocenters. The lowest BCUT2D eigenvalue weighted by molar-refractivity contribution is -0.385. The minimum Gasteiger partial charge on any atom is -0.487 e. The lowest BCUT2D eigenvalue weighted by Gasteiger charge is -2.23. The van der Waals surface area contributed by atoms with E-state index in [4.69, 9.17) is 4.74 Å². The van der Waals surface area contributed by atoms with Crippen molar-refractivity contribution in [2.24, 2.45) is 0 Å². The van der Waals surface area contributed by atoms with E-state index in [2.05, 4.69) is 0 Å². The van der Waals surface area contributed by atoms with Crippen LogP contribution in [0.25, 0.3) is 0 Å². The topological polar surface area (TPSA) is 72.7 Å². The molecule has 6 heteroatoms. The van der Waals surface area contributed by atoms with Gasteiger partial charge in [-0.25, -0.2) is 0 Å². The number of anilines is 1. The average Bonchev–Trinajstić information content (AvgIpc) is 2.59. The summed E-state index contributed by atoms with van der Waals surface area (Å²) in [6.07, 6.45) is 0. The molecule has 2 aromatic carbocycles. The van der Waals surface area contributed by atoms with E-state index in [0.29, 0.717) is 13.2 Å². The fourth-order valence-corrected chi connectivity index (χ4v) is 2.66. The standard InChI is InChI=1S/C19H22N2O4/c1-5-20(16-11-13(3)7-8-14(16)4)19(22)15-9-10-18(25-6-2)17(12-15)21(23)24/h7-12H,5-6H2,1-4H3. The Hall–Kier alpha value is -2.89. The average molecular weight is 342 g/mol. The van der Waals surface area contributed by atoms with Crippen LogP contribution in [-0.4, -0.2) is 24.0 Å². The first-order chi connectivity index (χ1) is 11.9. The molecule has 0 atom stereocenters. The first kappa shape index (κ1) is 18.4. The third-order valence-corrected chi connectivity index (χ3v) is 3.92. The fraction of sp³-hybridized carbons (Fsp3) is 0.316. The third-order valence-electron chi connectivity index (χ3n) is 3.92. The van der Waals surface area contributed by atoms with E-state index < -0.39 is 4.92 Å². The van der Waals surface area contributed by atoms with Crippen LogP contribution in [0.3, 0.4) is 0 Å². The van der Waals surface area contributed by atoms with Crippen LogP contribution in [-0.2, 0) is 0 Å². The Balaban J connectivity index is 2.45. The Morgan fingerprint density at radius 2 is 1.88 bits per heavy atom. The summed E-state index contributed by atoms with van der Waals surface area (Å²) in [6.45, 7) is 8.31. The van der Waals surface area contributed by atoms with Crippen LogP contribution in [0.15, 0.2) is 36.4 Å². The Morgan fingerprint density at radius 3 is 2.48 bits per heavy atom. The van der Waals surface area contributed by atoms with E-state index in [9.17, 15) is 14.9 Å². The van der Waals surface area contributed by atoms with Crippen molar-refractivity contribution in [3.8, 4) is 5.75 Å². The van der Waals surface area contributed by atoms with Crippen molar-refractivity contribution in [1.29, 1.82) is 0 Å². The van der Waals surface area contributed by atoms with Gasteiger partial charge in [0.15, 0.2) is 5.75 Å². The molecule has 25 heavy (non-hydrogen) atoms. The van der Waals surface area contributed by atoms with Gasteiger partial charge in [-0.3, -0.25) is 14.9 Å². The molecule has 0 heterocycles. The highest BCUT2D eigenvalue weighted by Crippen LogP contribution is 2.30. The zero-order valence-electron chi connectivity index (χ0n) is 14.9. The first-order valence-corrected chi connectivity index (χ1v) is 8.19. The fourth-order valence-electron chi connectivity index (χ4n) is 2.66. The number of carbonyl (C=O) groups is 1. The predicted molar refractivity (Wildman–Crippen MR) is 97.5 cm³/mol. The molecule has 2 aromatic rings. The zero-order valence-corrected chi connectivity index (χ0v) is 14.9. The van der Waals surface area contributed by atoms with Crippen LogP contribution in [0.4, 0.5) is 11.4 Å². The second-order valence-corrected chi connectivity index (χ2v) is 5.71. The lowest BCUT2D eigenvalue weighted by atomic mass is 10.1. The third kappa shape index (κ3) is 3.96. The second-order valence-electron chi connectivity index (χ2n) is 5.71. The van der Waals surface area contributed by atoms with Crippen molar-refractivity contribution in [2.75, 3.05) is 18.1 Å². The molecule has 0 aromatic heterocycles. The molecule has 0 fully saturated rings. The molecule has 0 N–H and O–H groups in total. The molecule has 132 valence electrons. The van der Waals surface area contributed by atoms with Crippen LogP contribution in [0.1, 0.15) is 35.3 Å². The van der Waals surface area contributed by atoms with Gasteiger partial charge in [-0.1, -0.05) is 12.1 Å². The molecule has 6 nitrogen and oxygen atoms in total. The van der Waals surface area contributed by atoms with Crippen LogP contribution >= 0.6 is 0 Å². The van der Waals surface area contributed by atoms with Gasteiger partial charge in [0.1, 0.15) is 0 Å². The van der Waals surface area contributed by atoms with Gasteiger partial charge in [-0.05, 0) is 57.0 Å². The van der Waals surface area contributed by atoms with E-state index >= 15 is 0 Å². The van der Waals surface area contributed by atoms with Gasteiger partial charge < -0.3 is 9.64 Å². The summed E-state index contributed by atoms with van der Waals surface area (Å²) in [5.74, 6) is -0.110. The van der Waals surface area contributed by atoms with Crippen LogP contribution in [0, 0.1) is 24.0 Å². The second kappa shape index (κ2) is 7.79. The van der Waals surface area contributed by atoms with Crippen molar-refractivity contribution in [3.63, 3.8) is 0 Å². The van der Waals surface area contributed by atoms with Crippen molar-refractivity contribution < 1.29 is 14.5 Å². The number of amides is 1. The quantitative estimate of drug-likeness (QED) is 0.580. The van der Waals surface area contributed by atoms with E-state index in [1.54, 1.807) is 17.9 Å². The number of rotatable bonds is 6. The molecular weight excluding hydrogens is 320 g/mol. The predicted octanol–water partition coefficient (Wildman–Crippen LogP) is 4.28. The molecule has 0 radical (unpaired) electrons. The normalized spacial score (nSPS) is 10.4. The number of benzene rings is 2. The summed E-state index contributed by atoms with van der Waals surface area (Å²) in [5.41, 5.74) is 2.89. The number of hydrogen-bond acceptors (Lipinski definition) is 4. The molecule has 0 spiro atoms. The van der Waals surface area contributed by atoms with Gasteiger partial charge in [0.25, 0.3) is 5.91 Å². The first-order valence-electron chi connectivity index (χ1n) is 8.19. The Morgan fingerprint density at radius 1 is 1.16 bits per heavy atom. The summed E-state index contributed by atoms with van der Waals surface area (Å²) >= 11 is 0. The van der Waals surface area contributed by atoms with Crippen LogP contribution in [0.5, 0.6) is 5.75 Å². The number of aryl methyl sites for hydroxylation is 2. The highest BCUT2D eigenvalue weighted by atomic mass is 16.6. The lowest BCUT2D eigenvalue weighted by Crippen LogP contribution is -2.31. The molecule has 2 rings (SSSR count). The van der Waals surface area contributed by atoms with Crippen molar-refractivity contribution in [3.05, 3.63) is 63.2 Å². The smallest absolute Gasteiger partial charge is 0.311 e. The maximum atomic E-state index is 12.9. The number of nitro benzene ring substituents is 1. The van der Waals surface area contributed by atoms with Crippen molar-refractivity contribution in [1.82, 2.24) is 0 Å². The molecule has 0 aliphatic rings. The number of nitrogens with zero attached hydrogens (tertiary/aromatic N) is 2. The molecule has 0 saturated carbocycles. The minimum absolute atomic E-state index is 0.166. The highest BCUT2D eigenvalue weighted by Gasteiger charge is 2.23. The van der Waals surface area contributed by atoms with Crippen LogP contribution in [0.2, 0.25) is 0 Å². The van der Waals surface area contributed by atoms with Gasteiger partial charge >= 0.3 is 5.69 Å². The zero-order chi connectivity index (χ0) is 18.6. The Labute approximate surface area is 147 Å². The summed E-state index contributed by atoms with van der Waals surface area (Å²) in [7, 11) is 0. The number of ether oxygens (including phenoxy) is 1. The highest BCUT2D eigenvalue weighted by molar-refractivity contribution is 6.07.